The second-order valence-corrected chi connectivity index (χ2v) is 5.97. The summed E-state index contributed by atoms with van der Waals surface area (Å²) < 4.78 is 5.12. The number of ketones is 1. The average molecular weight is 290 g/mol. The van der Waals surface area contributed by atoms with Gasteiger partial charge in [0, 0.05) is 13.3 Å². The highest BCUT2D eigenvalue weighted by molar-refractivity contribution is 6.01. The SMILES string of the molecule is CC(=O)O[C@H]1CC(C)(C)C(/C=C/C(C)=C/C=O)=C(C)C1=O. The zero-order valence-corrected chi connectivity index (χ0v) is 13.2. The summed E-state index contributed by atoms with van der Waals surface area (Å²) >= 11 is 0. The monoisotopic (exact) mass is 290 g/mol. The molecule has 0 bridgehead atoms. The molecule has 0 saturated heterocycles. The molecule has 0 amide bonds. The summed E-state index contributed by atoms with van der Waals surface area (Å²) in [7, 11) is 0. The fraction of sp³-hybridized carbons (Fsp3) is 0.471. The van der Waals surface area contributed by atoms with Gasteiger partial charge in [0.25, 0.3) is 0 Å². The largest absolute Gasteiger partial charge is 0.454 e. The number of esters is 1. The van der Waals surface area contributed by atoms with Crippen LogP contribution >= 0.6 is 0 Å². The van der Waals surface area contributed by atoms with Crippen LogP contribution in [0.1, 0.15) is 41.0 Å². The van der Waals surface area contributed by atoms with Gasteiger partial charge in [-0.2, -0.15) is 0 Å². The number of hydrogen-bond donors (Lipinski definition) is 0. The Morgan fingerprint density at radius 2 is 1.95 bits per heavy atom. The highest BCUT2D eigenvalue weighted by Gasteiger charge is 2.39. The molecule has 1 rings (SSSR count). The molecule has 114 valence electrons. The molecule has 0 saturated carbocycles. The Morgan fingerprint density at radius 1 is 1.33 bits per heavy atom. The van der Waals surface area contributed by atoms with E-state index in [0.29, 0.717) is 12.0 Å². The topological polar surface area (TPSA) is 60.4 Å². The number of rotatable bonds is 4. The van der Waals surface area contributed by atoms with E-state index in [1.807, 2.05) is 32.9 Å². The van der Waals surface area contributed by atoms with Gasteiger partial charge >= 0.3 is 5.97 Å². The molecule has 0 unspecified atom stereocenters. The lowest BCUT2D eigenvalue weighted by Crippen LogP contribution is -2.38. The van der Waals surface area contributed by atoms with E-state index in [4.69, 9.17) is 4.74 Å². The minimum absolute atomic E-state index is 0.152. The van der Waals surface area contributed by atoms with Crippen LogP contribution in [0.5, 0.6) is 0 Å². The van der Waals surface area contributed by atoms with Crippen molar-refractivity contribution in [2.45, 2.75) is 47.1 Å². The molecule has 0 aromatic rings. The molecule has 0 spiro atoms. The van der Waals surface area contributed by atoms with Crippen LogP contribution in [0.3, 0.4) is 0 Å². The average Bonchev–Trinajstić information content (AvgIpc) is 2.34. The van der Waals surface area contributed by atoms with Crippen molar-refractivity contribution in [1.29, 1.82) is 0 Å². The second-order valence-electron chi connectivity index (χ2n) is 5.97. The summed E-state index contributed by atoms with van der Waals surface area (Å²) in [5.74, 6) is -0.595. The molecule has 0 N–H and O–H groups in total. The lowest BCUT2D eigenvalue weighted by Gasteiger charge is -2.36. The van der Waals surface area contributed by atoms with Crippen molar-refractivity contribution in [2.75, 3.05) is 0 Å². The fourth-order valence-corrected chi connectivity index (χ4v) is 2.57. The van der Waals surface area contributed by atoms with Crippen LogP contribution in [0, 0.1) is 5.41 Å². The van der Waals surface area contributed by atoms with E-state index in [-0.39, 0.29) is 11.2 Å². The normalized spacial score (nSPS) is 22.6. The lowest BCUT2D eigenvalue weighted by molar-refractivity contribution is -0.153. The maximum Gasteiger partial charge on any atom is 0.303 e. The minimum atomic E-state index is -0.707. The van der Waals surface area contributed by atoms with Crippen LogP contribution in [-0.2, 0) is 19.1 Å². The van der Waals surface area contributed by atoms with E-state index in [9.17, 15) is 14.4 Å². The Kier molecular flexibility index (Phi) is 5.41. The molecule has 4 heteroatoms. The van der Waals surface area contributed by atoms with Gasteiger partial charge in [-0.25, -0.2) is 0 Å². The van der Waals surface area contributed by atoms with Gasteiger partial charge in [-0.15, -0.1) is 0 Å². The van der Waals surface area contributed by atoms with Crippen molar-refractivity contribution in [2.24, 2.45) is 5.41 Å². The molecule has 0 aliphatic heterocycles. The summed E-state index contributed by atoms with van der Waals surface area (Å²) in [6.07, 6.45) is 5.63. The lowest BCUT2D eigenvalue weighted by atomic mass is 9.71. The Bertz CT molecular complexity index is 547. The van der Waals surface area contributed by atoms with Crippen LogP contribution < -0.4 is 0 Å². The highest BCUT2D eigenvalue weighted by atomic mass is 16.5. The van der Waals surface area contributed by atoms with E-state index in [2.05, 4.69) is 0 Å². The first-order valence-corrected chi connectivity index (χ1v) is 6.92. The predicted molar refractivity (Wildman–Crippen MR) is 80.6 cm³/mol. The molecule has 1 aliphatic rings. The molecule has 1 aliphatic carbocycles. The van der Waals surface area contributed by atoms with Gasteiger partial charge in [-0.3, -0.25) is 14.4 Å². The third kappa shape index (κ3) is 4.25. The third-order valence-electron chi connectivity index (χ3n) is 3.64. The van der Waals surface area contributed by atoms with Crippen molar-refractivity contribution < 1.29 is 19.1 Å². The van der Waals surface area contributed by atoms with E-state index in [1.54, 1.807) is 6.92 Å². The molecular weight excluding hydrogens is 268 g/mol. The minimum Gasteiger partial charge on any atom is -0.454 e. The zero-order chi connectivity index (χ0) is 16.2. The molecule has 0 aromatic carbocycles. The number of ether oxygens (including phenoxy) is 1. The van der Waals surface area contributed by atoms with Gasteiger partial charge in [0.15, 0.2) is 11.9 Å². The van der Waals surface area contributed by atoms with Crippen molar-refractivity contribution in [3.63, 3.8) is 0 Å². The van der Waals surface area contributed by atoms with E-state index in [0.717, 1.165) is 17.4 Å². The Labute approximate surface area is 125 Å². The number of Topliss-reactive ketones (excluding diaryl/α,β-unsaturated/α-hetero) is 1. The van der Waals surface area contributed by atoms with Gasteiger partial charge in [-0.05, 0) is 42.1 Å². The maximum atomic E-state index is 12.3. The standard InChI is InChI=1S/C17H22O4/c1-11(8-9-18)6-7-14-12(2)16(20)15(21-13(3)19)10-17(14,4)5/h6-9,15H,10H2,1-5H3/b7-6+,11-8+/t15-/m0/s1. The van der Waals surface area contributed by atoms with Crippen LogP contribution in [0.4, 0.5) is 0 Å². The van der Waals surface area contributed by atoms with Gasteiger partial charge in [0.1, 0.15) is 6.29 Å². The van der Waals surface area contributed by atoms with Gasteiger partial charge in [0.2, 0.25) is 0 Å². The van der Waals surface area contributed by atoms with E-state index >= 15 is 0 Å². The number of allylic oxidation sites excluding steroid dienone is 5. The smallest absolute Gasteiger partial charge is 0.303 e. The molecule has 0 radical (unpaired) electrons. The molecule has 1 atom stereocenters. The van der Waals surface area contributed by atoms with Crippen LogP contribution in [-0.4, -0.2) is 24.1 Å². The van der Waals surface area contributed by atoms with Crippen molar-refractivity contribution in [3.8, 4) is 0 Å². The maximum absolute atomic E-state index is 12.3. The molecule has 0 fully saturated rings. The van der Waals surface area contributed by atoms with E-state index < -0.39 is 12.1 Å². The first kappa shape index (κ1) is 17.1. The summed E-state index contributed by atoms with van der Waals surface area (Å²) in [6, 6.07) is 0. The summed E-state index contributed by atoms with van der Waals surface area (Å²) in [5.41, 5.74) is 2.05. The first-order valence-electron chi connectivity index (χ1n) is 6.92. The van der Waals surface area contributed by atoms with Gasteiger partial charge in [0.05, 0.1) is 0 Å². The fourth-order valence-electron chi connectivity index (χ4n) is 2.57. The molecule has 0 aromatic heterocycles. The predicted octanol–water partition coefficient (Wildman–Crippen LogP) is 2.94. The molecule has 0 heterocycles. The van der Waals surface area contributed by atoms with Crippen molar-refractivity contribution in [1.82, 2.24) is 0 Å². The number of hydrogen-bond acceptors (Lipinski definition) is 4. The third-order valence-corrected chi connectivity index (χ3v) is 3.64. The number of aldehydes is 1. The van der Waals surface area contributed by atoms with Crippen molar-refractivity contribution in [3.05, 3.63) is 34.9 Å². The molecule has 4 nitrogen and oxygen atoms in total. The number of carbonyl (C=O) groups is 3. The number of carbonyl (C=O) groups excluding carboxylic acids is 3. The highest BCUT2D eigenvalue weighted by Crippen LogP contribution is 2.40. The summed E-state index contributed by atoms with van der Waals surface area (Å²) in [4.78, 5) is 33.8. The van der Waals surface area contributed by atoms with Crippen LogP contribution in [0.15, 0.2) is 34.9 Å². The van der Waals surface area contributed by atoms with Gasteiger partial charge in [-0.1, -0.05) is 26.0 Å². The summed E-state index contributed by atoms with van der Waals surface area (Å²) in [6.45, 7) is 8.90. The summed E-state index contributed by atoms with van der Waals surface area (Å²) in [5, 5.41) is 0. The quantitative estimate of drug-likeness (QED) is 0.346. The molecule has 21 heavy (non-hydrogen) atoms. The second kappa shape index (κ2) is 6.66. The molecular formula is C17H22O4. The van der Waals surface area contributed by atoms with Crippen molar-refractivity contribution >= 4 is 18.0 Å². The Morgan fingerprint density at radius 3 is 2.48 bits per heavy atom. The Hall–Kier alpha value is -1.97. The van der Waals surface area contributed by atoms with Crippen LogP contribution in [0.2, 0.25) is 0 Å². The van der Waals surface area contributed by atoms with Gasteiger partial charge < -0.3 is 4.74 Å². The Balaban J connectivity index is 3.15. The van der Waals surface area contributed by atoms with Crippen LogP contribution in [0.25, 0.3) is 0 Å². The van der Waals surface area contributed by atoms with E-state index in [1.165, 1.54) is 13.0 Å². The first-order chi connectivity index (χ1) is 9.69. The zero-order valence-electron chi connectivity index (χ0n) is 13.2.